The zero-order valence-corrected chi connectivity index (χ0v) is 16.5. The van der Waals surface area contributed by atoms with Crippen LogP contribution in [-0.4, -0.2) is 57.8 Å². The minimum Gasteiger partial charge on any atom is -0.442 e. The Hall–Kier alpha value is -2.64. The second kappa shape index (κ2) is 8.80. The van der Waals surface area contributed by atoms with Crippen molar-refractivity contribution in [2.24, 2.45) is 4.99 Å². The van der Waals surface area contributed by atoms with Crippen molar-refractivity contribution in [2.75, 3.05) is 49.2 Å². The van der Waals surface area contributed by atoms with E-state index in [1.165, 1.54) is 11.0 Å². The number of benzene rings is 2. The summed E-state index contributed by atoms with van der Waals surface area (Å²) >= 11 is 5.86. The Kier molecular flexibility index (Phi) is 5.97. The number of nitrogens with zero attached hydrogens (tertiary/aromatic N) is 3. The second-order valence-electron chi connectivity index (χ2n) is 6.90. The normalized spacial score (nSPS) is 19.8. The molecule has 0 radical (unpaired) electrons. The lowest BCUT2D eigenvalue weighted by atomic mass is 10.2. The van der Waals surface area contributed by atoms with E-state index in [-0.39, 0.29) is 11.9 Å². The third-order valence-corrected chi connectivity index (χ3v) is 5.14. The number of cyclic esters (lactones) is 1. The van der Waals surface area contributed by atoms with Gasteiger partial charge >= 0.3 is 6.09 Å². The summed E-state index contributed by atoms with van der Waals surface area (Å²) in [5, 5.41) is 0.661. The monoisotopic (exact) mass is 417 g/mol. The van der Waals surface area contributed by atoms with E-state index >= 15 is 0 Å². The van der Waals surface area contributed by atoms with Gasteiger partial charge in [-0.05, 0) is 35.9 Å². The molecule has 0 unspecified atom stereocenters. The van der Waals surface area contributed by atoms with Crippen LogP contribution in [0.5, 0.6) is 0 Å². The first kappa shape index (κ1) is 19.7. The van der Waals surface area contributed by atoms with Gasteiger partial charge in [0.2, 0.25) is 0 Å². The number of carbonyl (C=O) groups is 1. The van der Waals surface area contributed by atoms with E-state index in [4.69, 9.17) is 21.1 Å². The highest BCUT2D eigenvalue weighted by Crippen LogP contribution is 2.28. The number of hydrogen-bond donors (Lipinski definition) is 0. The van der Waals surface area contributed by atoms with Crippen LogP contribution in [-0.2, 0) is 9.47 Å². The average Bonchev–Trinajstić information content (AvgIpc) is 3.10. The molecular formula is C21H21ClFN3O3. The number of halogens is 2. The summed E-state index contributed by atoms with van der Waals surface area (Å²) < 4.78 is 25.3. The Balaban J connectivity index is 1.38. The van der Waals surface area contributed by atoms with E-state index < -0.39 is 6.09 Å². The predicted molar refractivity (Wildman–Crippen MR) is 111 cm³/mol. The first-order chi connectivity index (χ1) is 14.1. The molecule has 152 valence electrons. The minimum atomic E-state index is -0.491. The quantitative estimate of drug-likeness (QED) is 0.695. The van der Waals surface area contributed by atoms with E-state index in [0.717, 1.165) is 5.56 Å². The van der Waals surface area contributed by atoms with Crippen molar-refractivity contribution in [3.8, 4) is 0 Å². The number of amides is 1. The molecule has 6 nitrogen and oxygen atoms in total. The molecule has 1 amide bonds. The fourth-order valence-electron chi connectivity index (χ4n) is 3.38. The van der Waals surface area contributed by atoms with Crippen molar-refractivity contribution in [1.29, 1.82) is 0 Å². The van der Waals surface area contributed by atoms with Crippen LogP contribution in [0.2, 0.25) is 5.02 Å². The molecule has 4 rings (SSSR count). The third-order valence-electron chi connectivity index (χ3n) is 4.89. The number of ether oxygens (including phenoxy) is 2. The Bertz CT molecular complexity index is 901. The maximum atomic E-state index is 14.6. The molecule has 2 aliphatic heterocycles. The van der Waals surface area contributed by atoms with Crippen LogP contribution in [0.3, 0.4) is 0 Å². The number of rotatable bonds is 5. The summed E-state index contributed by atoms with van der Waals surface area (Å²) in [7, 11) is 0. The van der Waals surface area contributed by atoms with Crippen LogP contribution in [0, 0.1) is 5.82 Å². The van der Waals surface area contributed by atoms with Crippen LogP contribution in [0.4, 0.5) is 20.6 Å². The molecule has 0 aromatic heterocycles. The van der Waals surface area contributed by atoms with Crippen molar-refractivity contribution in [3.05, 3.63) is 58.9 Å². The van der Waals surface area contributed by atoms with Crippen LogP contribution < -0.4 is 9.80 Å². The summed E-state index contributed by atoms with van der Waals surface area (Å²) in [6, 6.07) is 12.1. The van der Waals surface area contributed by atoms with Crippen LogP contribution in [0.25, 0.3) is 0 Å². The molecule has 2 aliphatic rings. The van der Waals surface area contributed by atoms with E-state index in [1.54, 1.807) is 30.5 Å². The Morgan fingerprint density at radius 2 is 1.93 bits per heavy atom. The molecule has 1 atom stereocenters. The molecule has 0 aliphatic carbocycles. The van der Waals surface area contributed by atoms with E-state index in [2.05, 4.69) is 4.99 Å². The molecule has 0 spiro atoms. The number of carbonyl (C=O) groups excluding carboxylic acids is 1. The zero-order valence-electron chi connectivity index (χ0n) is 15.8. The number of anilines is 2. The third kappa shape index (κ3) is 4.68. The van der Waals surface area contributed by atoms with Crippen molar-refractivity contribution in [3.63, 3.8) is 0 Å². The summed E-state index contributed by atoms with van der Waals surface area (Å²) in [4.78, 5) is 20.0. The summed E-state index contributed by atoms with van der Waals surface area (Å²) in [6.07, 6.45) is 0.840. The van der Waals surface area contributed by atoms with Gasteiger partial charge in [-0.3, -0.25) is 9.89 Å². The lowest BCUT2D eigenvalue weighted by Gasteiger charge is -2.29. The fraction of sp³-hybridized carbons (Fsp3) is 0.333. The van der Waals surface area contributed by atoms with Crippen molar-refractivity contribution in [2.45, 2.75) is 6.10 Å². The van der Waals surface area contributed by atoms with Crippen LogP contribution in [0.15, 0.2) is 47.5 Å². The molecule has 2 aromatic rings. The van der Waals surface area contributed by atoms with E-state index in [9.17, 15) is 9.18 Å². The minimum absolute atomic E-state index is 0.327. The largest absolute Gasteiger partial charge is 0.442 e. The van der Waals surface area contributed by atoms with Gasteiger partial charge in [-0.25, -0.2) is 9.18 Å². The summed E-state index contributed by atoms with van der Waals surface area (Å²) in [5.41, 5.74) is 1.92. The molecule has 29 heavy (non-hydrogen) atoms. The maximum absolute atomic E-state index is 14.6. The van der Waals surface area contributed by atoms with Gasteiger partial charge < -0.3 is 14.4 Å². The molecule has 2 aromatic carbocycles. The zero-order chi connectivity index (χ0) is 20.2. The van der Waals surface area contributed by atoms with Crippen LogP contribution in [0.1, 0.15) is 5.56 Å². The van der Waals surface area contributed by atoms with Crippen LogP contribution >= 0.6 is 11.6 Å². The number of morpholine rings is 1. The molecule has 0 saturated carbocycles. The molecule has 2 fully saturated rings. The lowest BCUT2D eigenvalue weighted by Crippen LogP contribution is -2.36. The molecule has 8 heteroatoms. The molecule has 2 saturated heterocycles. The second-order valence-corrected chi connectivity index (χ2v) is 7.33. The van der Waals surface area contributed by atoms with Gasteiger partial charge in [0.25, 0.3) is 0 Å². The van der Waals surface area contributed by atoms with Gasteiger partial charge in [-0.1, -0.05) is 23.7 Å². The Morgan fingerprint density at radius 3 is 2.66 bits per heavy atom. The first-order valence-electron chi connectivity index (χ1n) is 9.46. The predicted octanol–water partition coefficient (Wildman–Crippen LogP) is 3.76. The summed E-state index contributed by atoms with van der Waals surface area (Å²) in [6.45, 7) is 3.12. The highest BCUT2D eigenvalue weighted by atomic mass is 35.5. The Labute approximate surface area is 173 Å². The standard InChI is InChI=1S/C21H21ClFN3O3/c22-16-3-1-15(2-4-16)12-24-13-18-14-26(21(27)29-18)17-5-6-20(19(23)11-17)25-7-9-28-10-8-25/h1-6,11-12,18H,7-10,13-14H2/b24-12-/t18-/m0/s1. The summed E-state index contributed by atoms with van der Waals surface area (Å²) in [5.74, 6) is -0.360. The molecule has 2 heterocycles. The first-order valence-corrected chi connectivity index (χ1v) is 9.84. The van der Waals surface area contributed by atoms with Crippen molar-refractivity contribution in [1.82, 2.24) is 0 Å². The molecular weight excluding hydrogens is 397 g/mol. The van der Waals surface area contributed by atoms with Gasteiger partial charge in [-0.2, -0.15) is 0 Å². The topological polar surface area (TPSA) is 54.4 Å². The molecule has 0 N–H and O–H groups in total. The maximum Gasteiger partial charge on any atom is 0.414 e. The number of aliphatic imine (C=N–C) groups is 1. The lowest BCUT2D eigenvalue weighted by molar-refractivity contribution is 0.122. The highest BCUT2D eigenvalue weighted by Gasteiger charge is 2.32. The van der Waals surface area contributed by atoms with Gasteiger partial charge in [0, 0.05) is 24.3 Å². The average molecular weight is 418 g/mol. The Morgan fingerprint density at radius 1 is 1.17 bits per heavy atom. The van der Waals surface area contributed by atoms with E-state index in [0.29, 0.717) is 55.8 Å². The van der Waals surface area contributed by atoms with E-state index in [1.807, 2.05) is 17.0 Å². The van der Waals surface area contributed by atoms with Gasteiger partial charge in [0.1, 0.15) is 11.9 Å². The highest BCUT2D eigenvalue weighted by molar-refractivity contribution is 6.30. The van der Waals surface area contributed by atoms with Gasteiger partial charge in [0.15, 0.2) is 0 Å². The SMILES string of the molecule is O=C1O[C@@H](C/N=C\c2ccc(Cl)cc2)CN1c1ccc(N2CCOCC2)c(F)c1. The molecule has 0 bridgehead atoms. The van der Waals surface area contributed by atoms with Crippen molar-refractivity contribution < 1.29 is 18.7 Å². The van der Waals surface area contributed by atoms with Gasteiger partial charge in [-0.15, -0.1) is 0 Å². The van der Waals surface area contributed by atoms with Gasteiger partial charge in [0.05, 0.1) is 37.7 Å². The fourth-order valence-corrected chi connectivity index (χ4v) is 3.50. The smallest absolute Gasteiger partial charge is 0.414 e. The number of hydrogen-bond acceptors (Lipinski definition) is 5. The van der Waals surface area contributed by atoms with Crippen molar-refractivity contribution >= 4 is 35.3 Å².